The maximum absolute atomic E-state index is 13.0. The molecule has 1 saturated heterocycles. The minimum Gasteiger partial charge on any atom is -0.598 e. The quantitative estimate of drug-likeness (QED) is 0.631. The topological polar surface area (TPSA) is 97.2 Å². The van der Waals surface area contributed by atoms with Crippen LogP contribution in [0, 0.1) is 5.41 Å². The second kappa shape index (κ2) is 8.35. The first kappa shape index (κ1) is 22.0. The standard InChI is InChI=1S/C21H28BrN5O2S/c1-20(2,3)30(29)26-18-14-5-4-8-23-15(14)11-21(18)6-9-27(10-7-21)19-16(13-28)25-17(22)12-24-19/h4-5,8,12,18,26,28H,6-7,9-11,13H2,1-3H3/t18-,30+/m1/s1. The second-order valence-electron chi connectivity index (χ2n) is 9.12. The van der Waals surface area contributed by atoms with Gasteiger partial charge in [0.1, 0.15) is 15.0 Å². The number of piperidine rings is 1. The van der Waals surface area contributed by atoms with E-state index in [1.165, 1.54) is 5.56 Å². The van der Waals surface area contributed by atoms with Gasteiger partial charge in [0.2, 0.25) is 0 Å². The number of fused-ring (bicyclic) bond motifs is 1. The Balaban J connectivity index is 1.58. The number of aromatic nitrogens is 3. The van der Waals surface area contributed by atoms with Crippen LogP contribution in [0.2, 0.25) is 0 Å². The molecule has 9 heteroatoms. The molecule has 2 aromatic rings. The van der Waals surface area contributed by atoms with Gasteiger partial charge in [0.05, 0.1) is 18.8 Å². The molecule has 1 fully saturated rings. The zero-order chi connectivity index (χ0) is 21.5. The number of halogens is 1. The minimum atomic E-state index is -1.17. The summed E-state index contributed by atoms with van der Waals surface area (Å²) in [5, 5.41) is 9.71. The Morgan fingerprint density at radius 2 is 2.07 bits per heavy atom. The molecular weight excluding hydrogens is 466 g/mol. The van der Waals surface area contributed by atoms with Crippen molar-refractivity contribution in [3.8, 4) is 0 Å². The molecule has 0 saturated carbocycles. The Morgan fingerprint density at radius 1 is 1.33 bits per heavy atom. The molecule has 0 unspecified atom stereocenters. The summed E-state index contributed by atoms with van der Waals surface area (Å²) < 4.78 is 16.7. The van der Waals surface area contributed by atoms with E-state index in [4.69, 9.17) is 0 Å². The molecule has 162 valence electrons. The highest BCUT2D eigenvalue weighted by atomic mass is 79.9. The van der Waals surface area contributed by atoms with Crippen LogP contribution < -0.4 is 9.62 Å². The van der Waals surface area contributed by atoms with E-state index in [1.807, 2.05) is 33.0 Å². The van der Waals surface area contributed by atoms with Gasteiger partial charge in [-0.3, -0.25) is 4.98 Å². The van der Waals surface area contributed by atoms with Gasteiger partial charge < -0.3 is 14.6 Å². The van der Waals surface area contributed by atoms with Gasteiger partial charge in [-0.1, -0.05) is 6.07 Å². The molecule has 1 spiro atoms. The Morgan fingerprint density at radius 3 is 2.73 bits per heavy atom. The van der Waals surface area contributed by atoms with E-state index in [-0.39, 0.29) is 22.8 Å². The van der Waals surface area contributed by atoms with Crippen LogP contribution in [0.5, 0.6) is 0 Å². The maximum atomic E-state index is 13.0. The monoisotopic (exact) mass is 493 g/mol. The van der Waals surface area contributed by atoms with Gasteiger partial charge >= 0.3 is 0 Å². The average molecular weight is 494 g/mol. The van der Waals surface area contributed by atoms with Crippen LogP contribution in [0.1, 0.15) is 56.6 Å². The number of hydrogen-bond donors (Lipinski definition) is 2. The van der Waals surface area contributed by atoms with Crippen LogP contribution in [0.25, 0.3) is 0 Å². The highest BCUT2D eigenvalue weighted by Gasteiger charge is 2.51. The number of pyridine rings is 1. The van der Waals surface area contributed by atoms with E-state index in [2.05, 4.69) is 46.6 Å². The molecule has 2 aromatic heterocycles. The van der Waals surface area contributed by atoms with Gasteiger partial charge in [-0.05, 0) is 67.6 Å². The van der Waals surface area contributed by atoms with Crippen LogP contribution in [0.15, 0.2) is 29.1 Å². The van der Waals surface area contributed by atoms with E-state index >= 15 is 0 Å². The molecule has 0 amide bonds. The highest BCUT2D eigenvalue weighted by molar-refractivity contribution is 9.10. The SMILES string of the molecule is CC(C)(C)[S@+]([O-])N[C@@H]1c2cccnc2CC12CCN(c1ncc(Br)nc1CO)CC2. The van der Waals surface area contributed by atoms with Crippen molar-refractivity contribution < 1.29 is 9.66 Å². The Labute approximate surface area is 189 Å². The van der Waals surface area contributed by atoms with Crippen molar-refractivity contribution in [2.75, 3.05) is 18.0 Å². The second-order valence-corrected chi connectivity index (χ2v) is 11.9. The smallest absolute Gasteiger partial charge is 0.152 e. The lowest BCUT2D eigenvalue weighted by atomic mass is 9.73. The summed E-state index contributed by atoms with van der Waals surface area (Å²) >= 11 is 2.16. The first-order valence-electron chi connectivity index (χ1n) is 10.2. The van der Waals surface area contributed by atoms with Crippen molar-refractivity contribution in [3.63, 3.8) is 0 Å². The largest absolute Gasteiger partial charge is 0.598 e. The maximum Gasteiger partial charge on any atom is 0.152 e. The van der Waals surface area contributed by atoms with Crippen LogP contribution >= 0.6 is 15.9 Å². The van der Waals surface area contributed by atoms with Crippen molar-refractivity contribution in [1.82, 2.24) is 19.7 Å². The van der Waals surface area contributed by atoms with E-state index in [1.54, 1.807) is 6.20 Å². The lowest BCUT2D eigenvalue weighted by Gasteiger charge is -2.44. The molecular formula is C21H28BrN5O2S. The van der Waals surface area contributed by atoms with Crippen molar-refractivity contribution in [1.29, 1.82) is 0 Å². The molecule has 1 aliphatic carbocycles. The Kier molecular flexibility index (Phi) is 6.11. The molecule has 2 N–H and O–H groups in total. The molecule has 3 heterocycles. The average Bonchev–Trinajstić information content (AvgIpc) is 3.01. The fourth-order valence-corrected chi connectivity index (χ4v) is 5.76. The summed E-state index contributed by atoms with van der Waals surface area (Å²) in [4.78, 5) is 15.7. The van der Waals surface area contributed by atoms with Gasteiger partial charge in [-0.2, -0.15) is 0 Å². The number of rotatable bonds is 4. The minimum absolute atomic E-state index is 0.0109. The van der Waals surface area contributed by atoms with Gasteiger partial charge in [0, 0.05) is 41.8 Å². The summed E-state index contributed by atoms with van der Waals surface area (Å²) in [5.41, 5.74) is 2.83. The molecule has 0 aromatic carbocycles. The summed E-state index contributed by atoms with van der Waals surface area (Å²) in [6, 6.07) is 4.09. The van der Waals surface area contributed by atoms with E-state index < -0.39 is 11.4 Å². The zero-order valence-electron chi connectivity index (χ0n) is 17.6. The first-order valence-corrected chi connectivity index (χ1v) is 12.2. The number of aliphatic hydroxyl groups is 1. The van der Waals surface area contributed by atoms with Gasteiger partial charge in [-0.15, -0.1) is 4.72 Å². The molecule has 1 aliphatic heterocycles. The highest BCUT2D eigenvalue weighted by Crippen LogP contribution is 2.52. The summed E-state index contributed by atoms with van der Waals surface area (Å²) in [7, 11) is 0. The number of hydrogen-bond acceptors (Lipinski definition) is 7. The third-order valence-corrected chi connectivity index (χ3v) is 8.10. The Bertz CT molecular complexity index is 915. The molecule has 2 atom stereocenters. The molecule has 0 bridgehead atoms. The molecule has 4 rings (SSSR count). The summed E-state index contributed by atoms with van der Waals surface area (Å²) in [5.74, 6) is 0.743. The zero-order valence-corrected chi connectivity index (χ0v) is 20.0. The van der Waals surface area contributed by atoms with Gasteiger partial charge in [-0.25, -0.2) is 9.97 Å². The van der Waals surface area contributed by atoms with Crippen LogP contribution in [0.4, 0.5) is 5.82 Å². The van der Waals surface area contributed by atoms with E-state index in [0.29, 0.717) is 10.3 Å². The van der Waals surface area contributed by atoms with Crippen LogP contribution in [-0.2, 0) is 24.4 Å². The molecule has 30 heavy (non-hydrogen) atoms. The van der Waals surface area contributed by atoms with Gasteiger partial charge in [0.15, 0.2) is 5.82 Å². The predicted octanol–water partition coefficient (Wildman–Crippen LogP) is 3.06. The van der Waals surface area contributed by atoms with Crippen molar-refractivity contribution >= 4 is 33.1 Å². The fourth-order valence-electron chi connectivity index (χ4n) is 4.49. The summed E-state index contributed by atoms with van der Waals surface area (Å²) in [6.45, 7) is 7.44. The van der Waals surface area contributed by atoms with E-state index in [9.17, 15) is 9.66 Å². The number of nitrogens with one attached hydrogen (secondary N) is 1. The van der Waals surface area contributed by atoms with Crippen molar-refractivity contribution in [2.45, 2.75) is 57.4 Å². The Hall–Kier alpha value is -1.26. The molecule has 2 aliphatic rings. The van der Waals surface area contributed by atoms with Crippen molar-refractivity contribution in [2.24, 2.45) is 5.41 Å². The van der Waals surface area contributed by atoms with Crippen LogP contribution in [0.3, 0.4) is 0 Å². The third-order valence-electron chi connectivity index (χ3n) is 6.15. The lowest BCUT2D eigenvalue weighted by Crippen LogP contribution is -2.50. The number of anilines is 1. The molecule has 0 radical (unpaired) electrons. The lowest BCUT2D eigenvalue weighted by molar-refractivity contribution is 0.175. The van der Waals surface area contributed by atoms with Gasteiger partial charge in [0.25, 0.3) is 0 Å². The summed E-state index contributed by atoms with van der Waals surface area (Å²) in [6.07, 6.45) is 6.24. The predicted molar refractivity (Wildman–Crippen MR) is 121 cm³/mol. The van der Waals surface area contributed by atoms with E-state index in [0.717, 1.165) is 43.9 Å². The fraction of sp³-hybridized carbons (Fsp3) is 0.571. The van der Waals surface area contributed by atoms with Crippen LogP contribution in [-0.4, -0.2) is 42.4 Å². The normalized spacial score (nSPS) is 21.7. The molecule has 7 nitrogen and oxygen atoms in total. The van der Waals surface area contributed by atoms with Crippen molar-refractivity contribution in [3.05, 3.63) is 46.1 Å². The number of nitrogens with zero attached hydrogens (tertiary/aromatic N) is 4. The third kappa shape index (κ3) is 4.10. The first-order chi connectivity index (χ1) is 14.2. The number of aliphatic hydroxyl groups excluding tert-OH is 1.